The maximum Gasteiger partial charge on any atom is 0.358 e. The second kappa shape index (κ2) is 6.60. The molecule has 1 aromatic rings. The van der Waals surface area contributed by atoms with Crippen LogP contribution in [0.5, 0.6) is 0 Å². The van der Waals surface area contributed by atoms with Crippen LogP contribution in [0.2, 0.25) is 0 Å². The Morgan fingerprint density at radius 3 is 2.41 bits per heavy atom. The molecule has 0 aliphatic carbocycles. The summed E-state index contributed by atoms with van der Waals surface area (Å²) >= 11 is 1.19. The van der Waals surface area contributed by atoms with E-state index < -0.39 is 0 Å². The van der Waals surface area contributed by atoms with Crippen LogP contribution >= 0.6 is 11.8 Å². The number of thioether (sulfide) groups is 1. The summed E-state index contributed by atoms with van der Waals surface area (Å²) in [6.07, 6.45) is 0.466. The second-order valence-electron chi connectivity index (χ2n) is 3.95. The molecule has 0 aliphatic heterocycles. The van der Waals surface area contributed by atoms with Crippen molar-refractivity contribution >= 4 is 22.0 Å². The zero-order chi connectivity index (χ0) is 12.8. The Morgan fingerprint density at radius 2 is 1.88 bits per heavy atom. The molecule has 0 spiro atoms. The highest BCUT2D eigenvalue weighted by Gasteiger charge is 2.15. The van der Waals surface area contributed by atoms with Crippen molar-refractivity contribution in [2.75, 3.05) is 6.61 Å². The average molecular weight is 251 g/mol. The van der Waals surface area contributed by atoms with Crippen LogP contribution in [-0.2, 0) is 15.6 Å². The Hall–Kier alpha value is -1.09. The quantitative estimate of drug-likeness (QED) is 0.772. The fraction of sp³-hybridized carbons (Fsp3) is 0.429. The van der Waals surface area contributed by atoms with Crippen molar-refractivity contribution in [3.8, 4) is 0 Å². The number of aryl methyl sites for hydroxylation is 2. The van der Waals surface area contributed by atoms with Crippen molar-refractivity contribution in [1.29, 1.82) is 0 Å². The van der Waals surface area contributed by atoms with E-state index in [0.717, 1.165) is 10.7 Å². The Kier molecular flexibility index (Phi) is 5.42. The lowest BCUT2D eigenvalue weighted by atomic mass is 10.0. The van der Waals surface area contributed by atoms with Gasteiger partial charge in [0.25, 0.3) is 6.61 Å². The molecule has 0 N–H and O–H groups in total. The normalized spacial score (nSPS) is 11.6. The van der Waals surface area contributed by atoms with Gasteiger partial charge in [0, 0.05) is 25.1 Å². The summed E-state index contributed by atoms with van der Waals surface area (Å²) in [4.78, 5) is 11.9. The molecule has 0 atom stereocenters. The van der Waals surface area contributed by atoms with E-state index in [1.54, 1.807) is 0 Å². The van der Waals surface area contributed by atoms with E-state index in [9.17, 15) is 4.79 Å². The highest BCUT2D eigenvalue weighted by Crippen LogP contribution is 2.17. The first kappa shape index (κ1) is 14.0. The molecule has 0 aliphatic rings. The van der Waals surface area contributed by atoms with E-state index in [4.69, 9.17) is 4.42 Å². The van der Waals surface area contributed by atoms with Gasteiger partial charge in [-0.05, 0) is 30.5 Å². The van der Waals surface area contributed by atoms with Crippen molar-refractivity contribution in [1.82, 2.24) is 0 Å². The minimum Gasteiger partial charge on any atom is -0.286 e. The summed E-state index contributed by atoms with van der Waals surface area (Å²) in [5, 5.41) is 0.858. The fourth-order valence-corrected chi connectivity index (χ4v) is 2.42. The van der Waals surface area contributed by atoms with Crippen LogP contribution in [0.4, 0.5) is 0 Å². The van der Waals surface area contributed by atoms with Gasteiger partial charge in [0.2, 0.25) is 5.12 Å². The lowest BCUT2D eigenvalue weighted by Crippen LogP contribution is -2.05. The van der Waals surface area contributed by atoms with Gasteiger partial charge in [0.05, 0.1) is 6.92 Å². The molecule has 0 saturated heterocycles. The van der Waals surface area contributed by atoms with Gasteiger partial charge in [0.1, 0.15) is 0 Å². The molecule has 92 valence electrons. The monoisotopic (exact) mass is 251 g/mol. The Labute approximate surface area is 107 Å². The Morgan fingerprint density at radius 1 is 1.29 bits per heavy atom. The van der Waals surface area contributed by atoms with E-state index in [-0.39, 0.29) is 5.12 Å². The van der Waals surface area contributed by atoms with Gasteiger partial charge in [-0.3, -0.25) is 9.22 Å². The molecule has 3 heteroatoms. The third-order valence-corrected chi connectivity index (χ3v) is 3.35. The van der Waals surface area contributed by atoms with E-state index in [0.29, 0.717) is 13.0 Å². The van der Waals surface area contributed by atoms with Gasteiger partial charge in [-0.2, -0.15) is 0 Å². The molecular weight excluding hydrogens is 232 g/mol. The molecule has 0 bridgehead atoms. The SMILES string of the molecule is CC[O+]=C(C)SC(=O)Cc1c(C)cccc1C. The average Bonchev–Trinajstić information content (AvgIpc) is 2.24. The first-order chi connectivity index (χ1) is 8.04. The summed E-state index contributed by atoms with van der Waals surface area (Å²) < 4.78 is 5.27. The first-order valence-corrected chi connectivity index (χ1v) is 6.58. The minimum atomic E-state index is 0.133. The van der Waals surface area contributed by atoms with E-state index in [1.807, 2.05) is 45.9 Å². The molecule has 0 fully saturated rings. The smallest absolute Gasteiger partial charge is 0.286 e. The molecule has 1 aromatic carbocycles. The lowest BCUT2D eigenvalue weighted by molar-refractivity contribution is -0.449. The summed E-state index contributed by atoms with van der Waals surface area (Å²) in [6, 6.07) is 6.10. The molecule has 0 unspecified atom stereocenters. The topological polar surface area (TPSA) is 28.4 Å². The maximum atomic E-state index is 11.9. The summed E-state index contributed by atoms with van der Waals surface area (Å²) in [5.41, 5.74) is 3.48. The summed E-state index contributed by atoms with van der Waals surface area (Å²) in [7, 11) is 0. The largest absolute Gasteiger partial charge is 0.358 e. The molecule has 0 aromatic heterocycles. The highest BCUT2D eigenvalue weighted by molar-refractivity contribution is 8.26. The molecule has 0 radical (unpaired) electrons. The van der Waals surface area contributed by atoms with Crippen molar-refractivity contribution in [2.45, 2.75) is 34.1 Å². The molecular formula is C14H19O2S+. The van der Waals surface area contributed by atoms with Gasteiger partial charge in [-0.15, -0.1) is 0 Å². The number of carbonyl (C=O) groups is 1. The molecule has 0 amide bonds. The van der Waals surface area contributed by atoms with Crippen LogP contribution in [0.25, 0.3) is 0 Å². The summed E-state index contributed by atoms with van der Waals surface area (Å²) in [5.74, 6) is 0. The van der Waals surface area contributed by atoms with Crippen LogP contribution in [-0.4, -0.2) is 16.8 Å². The zero-order valence-electron chi connectivity index (χ0n) is 10.9. The third-order valence-electron chi connectivity index (χ3n) is 2.57. The van der Waals surface area contributed by atoms with Crippen LogP contribution in [0.15, 0.2) is 18.2 Å². The third kappa shape index (κ3) is 4.35. The number of benzene rings is 1. The van der Waals surface area contributed by atoms with Gasteiger partial charge in [-0.1, -0.05) is 18.2 Å². The Balaban J connectivity index is 2.72. The van der Waals surface area contributed by atoms with E-state index in [2.05, 4.69) is 0 Å². The van der Waals surface area contributed by atoms with Gasteiger partial charge >= 0.3 is 5.12 Å². The van der Waals surface area contributed by atoms with Crippen LogP contribution < -0.4 is 0 Å². The van der Waals surface area contributed by atoms with Gasteiger partial charge < -0.3 is 0 Å². The number of hydrogen-bond acceptors (Lipinski definition) is 2. The molecule has 17 heavy (non-hydrogen) atoms. The fourth-order valence-electron chi connectivity index (χ4n) is 1.70. The predicted octanol–water partition coefficient (Wildman–Crippen LogP) is 3.21. The van der Waals surface area contributed by atoms with Crippen molar-refractivity contribution in [2.24, 2.45) is 0 Å². The van der Waals surface area contributed by atoms with Crippen molar-refractivity contribution in [3.63, 3.8) is 0 Å². The second-order valence-corrected chi connectivity index (χ2v) is 5.18. The molecule has 0 heterocycles. The summed E-state index contributed by atoms with van der Waals surface area (Å²) in [6.45, 7) is 8.44. The number of hydrogen-bond donors (Lipinski definition) is 0. The predicted molar refractivity (Wildman–Crippen MR) is 73.4 cm³/mol. The van der Waals surface area contributed by atoms with Crippen LogP contribution in [0, 0.1) is 13.8 Å². The van der Waals surface area contributed by atoms with Crippen LogP contribution in [0.3, 0.4) is 0 Å². The Bertz CT molecular complexity index is 416. The van der Waals surface area contributed by atoms with Crippen molar-refractivity contribution in [3.05, 3.63) is 34.9 Å². The molecule has 2 nitrogen and oxygen atoms in total. The minimum absolute atomic E-state index is 0.133. The van der Waals surface area contributed by atoms with Gasteiger partial charge in [0.15, 0.2) is 0 Å². The maximum absolute atomic E-state index is 11.9. The highest BCUT2D eigenvalue weighted by atomic mass is 32.2. The number of carbonyl (C=O) groups excluding carboxylic acids is 2. The molecule has 0 saturated carbocycles. The van der Waals surface area contributed by atoms with E-state index in [1.165, 1.54) is 22.9 Å². The molecule has 1 rings (SSSR count). The lowest BCUT2D eigenvalue weighted by Gasteiger charge is -2.07. The first-order valence-electron chi connectivity index (χ1n) is 5.76. The zero-order valence-corrected chi connectivity index (χ0v) is 11.7. The van der Waals surface area contributed by atoms with Crippen molar-refractivity contribution < 1.29 is 9.22 Å². The van der Waals surface area contributed by atoms with Gasteiger partial charge in [-0.25, -0.2) is 0 Å². The standard InChI is InChI=1S/C14H19O2S/c1-5-16-12(4)17-14(15)9-13-10(2)7-6-8-11(13)3/h6-8H,5,9H2,1-4H3/q+1. The number of rotatable bonds is 3. The van der Waals surface area contributed by atoms with E-state index >= 15 is 0 Å². The van der Waals surface area contributed by atoms with Crippen LogP contribution in [0.1, 0.15) is 30.5 Å².